The molecule has 1 rings (SSSR count). The highest BCUT2D eigenvalue weighted by Gasteiger charge is 2.33. The molecule has 0 bridgehead atoms. The van der Waals surface area contributed by atoms with E-state index in [4.69, 9.17) is 0 Å². The van der Waals surface area contributed by atoms with Gasteiger partial charge in [-0.3, -0.25) is 8.37 Å². The van der Waals surface area contributed by atoms with Gasteiger partial charge >= 0.3 is 0 Å². The van der Waals surface area contributed by atoms with Gasteiger partial charge in [-0.15, -0.1) is 0 Å². The Morgan fingerprint density at radius 1 is 1.29 bits per heavy atom. The fourth-order valence-electron chi connectivity index (χ4n) is 0.833. The van der Waals surface area contributed by atoms with Gasteiger partial charge in [-0.05, 0) is 12.5 Å². The fraction of sp³-hybridized carbons (Fsp3) is 0.667. The lowest BCUT2D eigenvalue weighted by Crippen LogP contribution is -2.21. The molecular formula is C6H10O6S2. The van der Waals surface area contributed by atoms with Crippen LogP contribution in [0.3, 0.4) is 0 Å². The normalized spacial score (nSPS) is 30.5. The number of hydrogen-bond donors (Lipinski definition) is 0. The second-order valence-electron chi connectivity index (χ2n) is 2.95. The average Bonchev–Trinajstić information content (AvgIpc) is 2.04. The van der Waals surface area contributed by atoms with Crippen LogP contribution in [0.2, 0.25) is 0 Å². The molecule has 0 aromatic heterocycles. The molecule has 6 nitrogen and oxygen atoms in total. The first kappa shape index (κ1) is 11.6. The smallest absolute Gasteiger partial charge is 0.266 e. The Kier molecular flexibility index (Phi) is 3.00. The Morgan fingerprint density at radius 2 is 1.86 bits per heavy atom. The molecule has 0 N–H and O–H groups in total. The fourth-order valence-corrected chi connectivity index (χ4v) is 3.65. The van der Waals surface area contributed by atoms with E-state index >= 15 is 0 Å². The van der Waals surface area contributed by atoms with Crippen LogP contribution in [0, 0.1) is 0 Å². The summed E-state index contributed by atoms with van der Waals surface area (Å²) in [6.45, 7) is 4.65. The van der Waals surface area contributed by atoms with Crippen molar-refractivity contribution in [3.63, 3.8) is 0 Å². The number of rotatable bonds is 1. The quantitative estimate of drug-likeness (QED) is 0.459. The summed E-state index contributed by atoms with van der Waals surface area (Å²) >= 11 is 0. The largest absolute Gasteiger partial charge is 0.285 e. The molecule has 14 heavy (non-hydrogen) atoms. The third kappa shape index (κ3) is 3.05. The van der Waals surface area contributed by atoms with E-state index in [0.717, 1.165) is 0 Å². The Hall–Kier alpha value is -0.440. The molecule has 1 unspecified atom stereocenters. The molecule has 1 aliphatic heterocycles. The maximum atomic E-state index is 11.1. The summed E-state index contributed by atoms with van der Waals surface area (Å²) in [5.74, 6) is 0. The van der Waals surface area contributed by atoms with Crippen LogP contribution < -0.4 is 0 Å². The van der Waals surface area contributed by atoms with Crippen LogP contribution in [0.1, 0.15) is 6.92 Å². The maximum Gasteiger partial charge on any atom is 0.285 e. The first-order chi connectivity index (χ1) is 6.22. The Balaban J connectivity index is 3.02. The second kappa shape index (κ2) is 3.61. The van der Waals surface area contributed by atoms with Gasteiger partial charge in [0.2, 0.25) is 5.08 Å². The molecular weight excluding hydrogens is 232 g/mol. The lowest BCUT2D eigenvalue weighted by molar-refractivity contribution is 0.174. The van der Waals surface area contributed by atoms with Gasteiger partial charge < -0.3 is 0 Å². The minimum atomic E-state index is -4.09. The molecule has 0 saturated carbocycles. The molecule has 0 aromatic rings. The molecule has 1 fully saturated rings. The minimum Gasteiger partial charge on any atom is -0.266 e. The monoisotopic (exact) mass is 242 g/mol. The molecule has 0 aromatic carbocycles. The molecule has 1 saturated heterocycles. The van der Waals surface area contributed by atoms with E-state index in [2.05, 4.69) is 14.9 Å². The van der Waals surface area contributed by atoms with Gasteiger partial charge in [-0.25, -0.2) is 0 Å². The lowest BCUT2D eigenvalue weighted by atomic mass is 10.2. The van der Waals surface area contributed by atoms with Crippen molar-refractivity contribution in [3.8, 4) is 0 Å². The highest BCUT2D eigenvalue weighted by molar-refractivity contribution is 8.03. The highest BCUT2D eigenvalue weighted by atomic mass is 32.3. The summed E-state index contributed by atoms with van der Waals surface area (Å²) < 4.78 is 53.0. The van der Waals surface area contributed by atoms with Crippen molar-refractivity contribution in [2.45, 2.75) is 13.0 Å². The Labute approximate surface area is 82.8 Å². The summed E-state index contributed by atoms with van der Waals surface area (Å²) in [6, 6.07) is 0. The Morgan fingerprint density at radius 3 is 2.36 bits per heavy atom. The van der Waals surface area contributed by atoms with Crippen LogP contribution >= 0.6 is 0 Å². The molecule has 1 atom stereocenters. The van der Waals surface area contributed by atoms with Crippen molar-refractivity contribution in [1.29, 1.82) is 0 Å². The van der Waals surface area contributed by atoms with Gasteiger partial charge in [-0.1, -0.05) is 6.58 Å². The first-order valence-corrected chi connectivity index (χ1v) is 6.81. The van der Waals surface area contributed by atoms with E-state index in [1.165, 1.54) is 6.92 Å². The van der Waals surface area contributed by atoms with E-state index in [-0.39, 0.29) is 6.61 Å². The van der Waals surface area contributed by atoms with Crippen LogP contribution in [-0.4, -0.2) is 34.6 Å². The predicted octanol–water partition coefficient (Wildman–Crippen LogP) is -0.405. The van der Waals surface area contributed by atoms with E-state index in [1.807, 2.05) is 0 Å². The van der Waals surface area contributed by atoms with Gasteiger partial charge in [0.25, 0.3) is 20.2 Å². The SMILES string of the molecule is C=C(C)C1COS(=O)(=O)CS(=O)(=O)O1. The minimum absolute atomic E-state index is 0.350. The second-order valence-corrected chi connectivity index (χ2v) is 6.55. The summed E-state index contributed by atoms with van der Waals surface area (Å²) in [6.07, 6.45) is -0.933. The standard InChI is InChI=1S/C6H10O6S2/c1-5(2)6-3-11-13(7,8)4-14(9,10)12-6/h6H,1,3-4H2,2H3. The van der Waals surface area contributed by atoms with Crippen molar-refractivity contribution >= 4 is 20.2 Å². The van der Waals surface area contributed by atoms with E-state index in [0.29, 0.717) is 5.57 Å². The van der Waals surface area contributed by atoms with E-state index in [1.54, 1.807) is 0 Å². The molecule has 82 valence electrons. The highest BCUT2D eigenvalue weighted by Crippen LogP contribution is 2.16. The van der Waals surface area contributed by atoms with Crippen LogP contribution in [0.4, 0.5) is 0 Å². The topological polar surface area (TPSA) is 86.7 Å². The van der Waals surface area contributed by atoms with Gasteiger partial charge in [-0.2, -0.15) is 16.8 Å². The summed E-state index contributed by atoms with van der Waals surface area (Å²) in [4.78, 5) is 0. The van der Waals surface area contributed by atoms with Gasteiger partial charge in [0, 0.05) is 0 Å². The van der Waals surface area contributed by atoms with Crippen LogP contribution in [0.5, 0.6) is 0 Å². The maximum absolute atomic E-state index is 11.1. The number of hydrogen-bond acceptors (Lipinski definition) is 6. The van der Waals surface area contributed by atoms with Gasteiger partial charge in [0.1, 0.15) is 6.10 Å². The van der Waals surface area contributed by atoms with Crippen LogP contribution in [-0.2, 0) is 28.6 Å². The summed E-state index contributed by atoms with van der Waals surface area (Å²) in [5.41, 5.74) is 0.394. The zero-order valence-electron chi connectivity index (χ0n) is 7.46. The van der Waals surface area contributed by atoms with Crippen molar-refractivity contribution in [3.05, 3.63) is 12.2 Å². The van der Waals surface area contributed by atoms with Crippen LogP contribution in [0.25, 0.3) is 0 Å². The zero-order valence-corrected chi connectivity index (χ0v) is 9.10. The van der Waals surface area contributed by atoms with Gasteiger partial charge in [0.05, 0.1) is 6.61 Å². The van der Waals surface area contributed by atoms with Crippen molar-refractivity contribution in [2.75, 3.05) is 11.7 Å². The van der Waals surface area contributed by atoms with Crippen LogP contribution in [0.15, 0.2) is 12.2 Å². The molecule has 0 radical (unpaired) electrons. The molecule has 1 heterocycles. The molecule has 0 aliphatic carbocycles. The summed E-state index contributed by atoms with van der Waals surface area (Å²) in [7, 11) is -8.14. The average molecular weight is 242 g/mol. The lowest BCUT2D eigenvalue weighted by Gasteiger charge is -2.11. The molecule has 0 amide bonds. The first-order valence-electron chi connectivity index (χ1n) is 3.65. The molecule has 0 spiro atoms. The zero-order chi connectivity index (χ0) is 11.0. The summed E-state index contributed by atoms with van der Waals surface area (Å²) in [5, 5.41) is -1.15. The third-order valence-electron chi connectivity index (χ3n) is 1.50. The van der Waals surface area contributed by atoms with Crippen molar-refractivity contribution in [1.82, 2.24) is 0 Å². The van der Waals surface area contributed by atoms with Crippen molar-refractivity contribution in [2.24, 2.45) is 0 Å². The van der Waals surface area contributed by atoms with E-state index in [9.17, 15) is 16.8 Å². The van der Waals surface area contributed by atoms with Gasteiger partial charge in [0.15, 0.2) is 0 Å². The molecule has 8 heteroatoms. The van der Waals surface area contributed by atoms with E-state index < -0.39 is 31.4 Å². The third-order valence-corrected chi connectivity index (χ3v) is 4.83. The van der Waals surface area contributed by atoms with Crippen molar-refractivity contribution < 1.29 is 25.2 Å². The molecule has 1 aliphatic rings. The Bertz CT molecular complexity index is 431. The predicted molar refractivity (Wildman–Crippen MR) is 48.3 cm³/mol.